The van der Waals surface area contributed by atoms with Gasteiger partial charge in [-0.25, -0.2) is 9.80 Å². The van der Waals surface area contributed by atoms with Crippen LogP contribution in [0.2, 0.25) is 0 Å². The Hall–Kier alpha value is -7.08. The van der Waals surface area contributed by atoms with E-state index in [1.165, 1.54) is 48.3 Å². The first kappa shape index (κ1) is 67.3. The molecule has 0 atom stereocenters. The summed E-state index contributed by atoms with van der Waals surface area (Å²) in [5.74, 6) is 1.05. The van der Waals surface area contributed by atoms with Gasteiger partial charge in [-0.1, -0.05) is 220 Å². The predicted molar refractivity (Wildman–Crippen MR) is 368 cm³/mol. The highest BCUT2D eigenvalue weighted by Crippen LogP contribution is 2.50. The number of carbonyl (C=O) groups excluding carboxylic acids is 4. The standard InChI is InChI=1S/C78H102N2O10/c1-7-13-19-25-31-45-85-65-51-55(52-66(86-46-32-26-20-14-8-2)73(65)89-49-35-29-23-17-11-5)79-75(81)61-41-37-57-59-39-43-63-72-64(44-40-60(70(59)72)58-38-42-62(76(79)82)71(61)69(57)58)78(84)80(77(63)83)56-53-67(87-47-33-27-21-15-9-3)74(90-50-36-30-24-18-12-6)68(54-56)88-48-34-28-22-16-10-4/h37-44,51-54H,7-36,45-50H2,1-6H3. The van der Waals surface area contributed by atoms with E-state index in [4.69, 9.17) is 28.4 Å². The number of rotatable bonds is 44. The maximum Gasteiger partial charge on any atom is 0.265 e. The minimum atomic E-state index is -0.452. The normalized spacial score (nSPS) is 13.1. The van der Waals surface area contributed by atoms with Crippen molar-refractivity contribution >= 4 is 78.1 Å². The van der Waals surface area contributed by atoms with Crippen LogP contribution in [0, 0.1) is 0 Å². The van der Waals surface area contributed by atoms with Crippen LogP contribution in [0.5, 0.6) is 34.5 Å². The Morgan fingerprint density at radius 1 is 0.256 bits per heavy atom. The van der Waals surface area contributed by atoms with Crippen molar-refractivity contribution in [2.75, 3.05) is 49.4 Å². The van der Waals surface area contributed by atoms with Gasteiger partial charge in [-0.2, -0.15) is 0 Å². The lowest BCUT2D eigenvalue weighted by atomic mass is 9.82. The number of fused-ring (bicyclic) bond motifs is 2. The van der Waals surface area contributed by atoms with E-state index in [9.17, 15) is 0 Å². The average Bonchev–Trinajstić information content (AvgIpc) is 0.695. The molecule has 0 spiro atoms. The monoisotopic (exact) mass is 1230 g/mol. The van der Waals surface area contributed by atoms with Gasteiger partial charge in [0.2, 0.25) is 11.5 Å². The number of benzene rings is 7. The van der Waals surface area contributed by atoms with Crippen molar-refractivity contribution < 1.29 is 47.6 Å². The Kier molecular flexibility index (Phi) is 25.7. The second kappa shape index (κ2) is 34.4. The van der Waals surface area contributed by atoms with Gasteiger partial charge < -0.3 is 28.4 Å². The molecule has 90 heavy (non-hydrogen) atoms. The molecule has 0 saturated carbocycles. The molecule has 0 fully saturated rings. The first-order valence-electron chi connectivity index (χ1n) is 35.3. The number of anilines is 2. The maximum atomic E-state index is 15.3. The minimum Gasteiger partial charge on any atom is -0.489 e. The number of amides is 4. The number of imide groups is 2. The van der Waals surface area contributed by atoms with Crippen LogP contribution < -0.4 is 38.2 Å². The number of ether oxygens (including phenoxy) is 6. The molecule has 0 aliphatic carbocycles. The first-order chi connectivity index (χ1) is 44.2. The van der Waals surface area contributed by atoms with Gasteiger partial charge in [0, 0.05) is 57.3 Å². The number of carbonyl (C=O) groups is 4. The lowest BCUT2D eigenvalue weighted by molar-refractivity contribution is 0.0877. The molecule has 7 aromatic rings. The Morgan fingerprint density at radius 2 is 0.467 bits per heavy atom. The zero-order valence-corrected chi connectivity index (χ0v) is 55.4. The summed E-state index contributed by atoms with van der Waals surface area (Å²) in [6.45, 7) is 16.1. The van der Waals surface area contributed by atoms with Crippen LogP contribution in [0.4, 0.5) is 11.4 Å². The maximum absolute atomic E-state index is 15.3. The quantitative estimate of drug-likeness (QED) is 0.0157. The van der Waals surface area contributed by atoms with Crippen LogP contribution in [0.3, 0.4) is 0 Å². The van der Waals surface area contributed by atoms with Crippen LogP contribution in [-0.4, -0.2) is 63.3 Å². The van der Waals surface area contributed by atoms with E-state index in [2.05, 4.69) is 41.5 Å². The van der Waals surface area contributed by atoms with E-state index < -0.39 is 23.6 Å². The zero-order chi connectivity index (χ0) is 63.2. The zero-order valence-electron chi connectivity index (χ0n) is 55.4. The molecule has 12 heteroatoms. The summed E-state index contributed by atoms with van der Waals surface area (Å²) in [5.41, 5.74) is 2.30. The number of hydrogen-bond acceptors (Lipinski definition) is 10. The molecule has 4 amide bonds. The average molecular weight is 1230 g/mol. The Labute approximate surface area is 536 Å². The summed E-state index contributed by atoms with van der Waals surface area (Å²) in [4.78, 5) is 63.7. The molecule has 2 heterocycles. The van der Waals surface area contributed by atoms with Crippen molar-refractivity contribution in [3.05, 3.63) is 95.1 Å². The summed E-state index contributed by atoms with van der Waals surface area (Å²) in [7, 11) is 0. The molecular weight excluding hydrogens is 1120 g/mol. The molecular formula is C78H102N2O10. The third-order valence-electron chi connectivity index (χ3n) is 18.2. The summed E-state index contributed by atoms with van der Waals surface area (Å²) < 4.78 is 39.6. The van der Waals surface area contributed by atoms with E-state index in [1.807, 2.05) is 48.5 Å². The minimum absolute atomic E-state index is 0.356. The Balaban J connectivity index is 1.07. The molecule has 9 rings (SSSR count). The van der Waals surface area contributed by atoms with E-state index in [-0.39, 0.29) is 0 Å². The molecule has 0 unspecified atom stereocenters. The molecule has 12 nitrogen and oxygen atoms in total. The van der Waals surface area contributed by atoms with Crippen LogP contribution in [0.15, 0.2) is 72.8 Å². The fraction of sp³-hybridized carbons (Fsp3) is 0.538. The third kappa shape index (κ3) is 15.8. The van der Waals surface area contributed by atoms with E-state index in [1.54, 1.807) is 24.3 Å². The fourth-order valence-corrected chi connectivity index (χ4v) is 13.1. The summed E-state index contributed by atoms with van der Waals surface area (Å²) in [6.07, 6.45) is 32.1. The highest BCUT2D eigenvalue weighted by molar-refractivity contribution is 6.45. The smallest absolute Gasteiger partial charge is 0.265 e. The van der Waals surface area contributed by atoms with Crippen molar-refractivity contribution in [3.63, 3.8) is 0 Å². The molecule has 0 bridgehead atoms. The Bertz CT molecular complexity index is 3090. The predicted octanol–water partition coefficient (Wildman–Crippen LogP) is 21.4. The number of hydrogen-bond donors (Lipinski definition) is 0. The van der Waals surface area contributed by atoms with Gasteiger partial charge in [0.1, 0.15) is 0 Å². The van der Waals surface area contributed by atoms with Gasteiger partial charge in [-0.05, 0) is 95.1 Å². The van der Waals surface area contributed by atoms with Gasteiger partial charge >= 0.3 is 0 Å². The SMILES string of the molecule is CCCCCCCOc1cc(N2C(=O)c3ccc4c5ccc6c7c(ccc(c8ccc(c3c48)C2=O)c75)C(=O)N(c2cc(OCCCCCCC)c(OCCCCCCC)c(OCCCCCCC)c2)C6=O)cc(OCCCCCCC)c1OCCCCCCC. The van der Waals surface area contributed by atoms with Crippen LogP contribution in [-0.2, 0) is 0 Å². The highest BCUT2D eigenvalue weighted by atomic mass is 16.5. The fourth-order valence-electron chi connectivity index (χ4n) is 13.1. The molecule has 0 aromatic heterocycles. The largest absolute Gasteiger partial charge is 0.489 e. The molecule has 484 valence electrons. The summed E-state index contributed by atoms with van der Waals surface area (Å²) in [6, 6.07) is 22.2. The third-order valence-corrected chi connectivity index (χ3v) is 18.2. The van der Waals surface area contributed by atoms with Gasteiger partial charge in [0.25, 0.3) is 23.6 Å². The van der Waals surface area contributed by atoms with Gasteiger partial charge in [-0.3, -0.25) is 19.2 Å². The van der Waals surface area contributed by atoms with Gasteiger partial charge in [0.05, 0.1) is 51.0 Å². The molecule has 7 aromatic carbocycles. The molecule has 2 aliphatic rings. The van der Waals surface area contributed by atoms with Crippen molar-refractivity contribution in [1.82, 2.24) is 0 Å². The molecule has 0 saturated heterocycles. The van der Waals surface area contributed by atoms with Crippen LogP contribution in [0.1, 0.15) is 276 Å². The number of nitrogens with zero attached hydrogens (tertiary/aromatic N) is 2. The van der Waals surface area contributed by atoms with Crippen LogP contribution in [0.25, 0.3) is 43.1 Å². The van der Waals surface area contributed by atoms with Crippen molar-refractivity contribution in [1.29, 1.82) is 0 Å². The van der Waals surface area contributed by atoms with Crippen LogP contribution >= 0.6 is 0 Å². The van der Waals surface area contributed by atoms with Gasteiger partial charge in [-0.15, -0.1) is 0 Å². The molecule has 0 radical (unpaired) electrons. The lowest BCUT2D eigenvalue weighted by Crippen LogP contribution is -2.40. The van der Waals surface area contributed by atoms with Crippen molar-refractivity contribution in [2.45, 2.75) is 234 Å². The second-order valence-corrected chi connectivity index (χ2v) is 25.2. The Morgan fingerprint density at radius 3 is 0.689 bits per heavy atom. The van der Waals surface area contributed by atoms with E-state index in [0.717, 1.165) is 186 Å². The van der Waals surface area contributed by atoms with E-state index >= 15 is 19.2 Å². The topological polar surface area (TPSA) is 130 Å². The van der Waals surface area contributed by atoms with E-state index in [0.29, 0.717) is 119 Å². The van der Waals surface area contributed by atoms with Gasteiger partial charge in [0.15, 0.2) is 23.0 Å². The molecule has 2 aliphatic heterocycles. The summed E-state index contributed by atoms with van der Waals surface area (Å²) >= 11 is 0. The lowest BCUT2D eigenvalue weighted by Gasteiger charge is -2.31. The second-order valence-electron chi connectivity index (χ2n) is 25.2. The molecule has 0 N–H and O–H groups in total. The van der Waals surface area contributed by atoms with Crippen molar-refractivity contribution in [3.8, 4) is 34.5 Å². The van der Waals surface area contributed by atoms with Crippen molar-refractivity contribution in [2.24, 2.45) is 0 Å². The highest BCUT2D eigenvalue weighted by Gasteiger charge is 2.39. The first-order valence-corrected chi connectivity index (χ1v) is 35.3. The summed E-state index contributed by atoms with van der Waals surface area (Å²) in [5, 5.41) is 5.95. The number of unbranched alkanes of at least 4 members (excludes halogenated alkanes) is 24.